The standard InChI is InChI=1S/C22H31NO6/c1-13(28-21(2,3)4)17-18(24)16(14-9-11-15(27-8)12-10-14)19(25)23(17)20(26)29-22(5,6)7/h9-13,17,24H,1-8H3/t13-,17+/m1/s1. The molecule has 160 valence electrons. The number of methoxy groups -OCH3 is 1. The summed E-state index contributed by atoms with van der Waals surface area (Å²) in [5.41, 5.74) is -0.806. The third kappa shape index (κ3) is 5.29. The van der Waals surface area contributed by atoms with E-state index in [4.69, 9.17) is 14.2 Å². The maximum atomic E-state index is 13.2. The van der Waals surface area contributed by atoms with Gasteiger partial charge in [-0.3, -0.25) is 4.79 Å². The Morgan fingerprint density at radius 3 is 2.07 bits per heavy atom. The first-order chi connectivity index (χ1) is 13.2. The Balaban J connectivity index is 2.50. The van der Waals surface area contributed by atoms with Crippen molar-refractivity contribution in [3.05, 3.63) is 35.6 Å². The Morgan fingerprint density at radius 1 is 1.07 bits per heavy atom. The van der Waals surface area contributed by atoms with Gasteiger partial charge in [-0.05, 0) is 66.2 Å². The van der Waals surface area contributed by atoms with Crippen LogP contribution in [0.15, 0.2) is 30.0 Å². The summed E-state index contributed by atoms with van der Waals surface area (Å²) in [4.78, 5) is 27.0. The van der Waals surface area contributed by atoms with Crippen molar-refractivity contribution in [3.8, 4) is 5.75 Å². The molecule has 1 aromatic carbocycles. The Labute approximate surface area is 172 Å². The maximum Gasteiger partial charge on any atom is 0.418 e. The first-order valence-corrected chi connectivity index (χ1v) is 9.57. The van der Waals surface area contributed by atoms with Gasteiger partial charge in [-0.25, -0.2) is 9.69 Å². The van der Waals surface area contributed by atoms with Crippen molar-refractivity contribution in [2.45, 2.75) is 71.8 Å². The normalized spacial score (nSPS) is 18.8. The number of hydrogen-bond acceptors (Lipinski definition) is 6. The first kappa shape index (κ1) is 22.7. The molecule has 2 rings (SSSR count). The second-order valence-corrected chi connectivity index (χ2v) is 9.02. The van der Waals surface area contributed by atoms with E-state index in [0.717, 1.165) is 4.90 Å². The van der Waals surface area contributed by atoms with Crippen LogP contribution in [0.3, 0.4) is 0 Å². The van der Waals surface area contributed by atoms with Gasteiger partial charge < -0.3 is 19.3 Å². The number of aliphatic hydroxyl groups is 1. The Morgan fingerprint density at radius 2 is 1.62 bits per heavy atom. The minimum absolute atomic E-state index is 0.0490. The lowest BCUT2D eigenvalue weighted by Gasteiger charge is -2.33. The van der Waals surface area contributed by atoms with Gasteiger partial charge in [-0.2, -0.15) is 0 Å². The summed E-state index contributed by atoms with van der Waals surface area (Å²) in [6, 6.07) is 5.70. The van der Waals surface area contributed by atoms with Crippen LogP contribution in [0.25, 0.3) is 5.57 Å². The molecule has 1 N–H and O–H groups in total. The molecule has 7 heteroatoms. The number of nitrogens with zero attached hydrogens (tertiary/aromatic N) is 1. The molecule has 0 fully saturated rings. The number of amides is 2. The maximum absolute atomic E-state index is 13.2. The quantitative estimate of drug-likeness (QED) is 0.803. The molecule has 1 aliphatic rings. The topological polar surface area (TPSA) is 85.3 Å². The summed E-state index contributed by atoms with van der Waals surface area (Å²) in [6.07, 6.45) is -1.48. The highest BCUT2D eigenvalue weighted by molar-refractivity contribution is 6.26. The Bertz CT molecular complexity index is 798. The predicted octanol–water partition coefficient (Wildman–Crippen LogP) is 4.31. The molecule has 7 nitrogen and oxygen atoms in total. The van der Waals surface area contributed by atoms with Gasteiger partial charge in [0.25, 0.3) is 5.91 Å². The van der Waals surface area contributed by atoms with Crippen LogP contribution in [-0.4, -0.2) is 52.5 Å². The van der Waals surface area contributed by atoms with Crippen molar-refractivity contribution >= 4 is 17.6 Å². The summed E-state index contributed by atoms with van der Waals surface area (Å²) < 4.78 is 16.5. The van der Waals surface area contributed by atoms with Crippen LogP contribution in [0.4, 0.5) is 4.79 Å². The zero-order chi connectivity index (χ0) is 22.1. The molecule has 0 spiro atoms. The van der Waals surface area contributed by atoms with Crippen molar-refractivity contribution in [1.29, 1.82) is 0 Å². The number of ether oxygens (including phenoxy) is 3. The van der Waals surface area contributed by atoms with E-state index >= 15 is 0 Å². The van der Waals surface area contributed by atoms with Crippen molar-refractivity contribution in [1.82, 2.24) is 4.90 Å². The molecular formula is C22H31NO6. The zero-order valence-corrected chi connectivity index (χ0v) is 18.4. The van der Waals surface area contributed by atoms with Crippen LogP contribution >= 0.6 is 0 Å². The monoisotopic (exact) mass is 405 g/mol. The van der Waals surface area contributed by atoms with Gasteiger partial charge in [-0.15, -0.1) is 0 Å². The van der Waals surface area contributed by atoms with Gasteiger partial charge in [-0.1, -0.05) is 12.1 Å². The zero-order valence-electron chi connectivity index (χ0n) is 18.4. The number of carbonyl (C=O) groups is 2. The average molecular weight is 405 g/mol. The summed E-state index contributed by atoms with van der Waals surface area (Å²) >= 11 is 0. The molecular weight excluding hydrogens is 374 g/mol. The number of carbonyl (C=O) groups excluding carboxylic acids is 2. The summed E-state index contributed by atoms with van der Waals surface area (Å²) in [5, 5.41) is 11.0. The van der Waals surface area contributed by atoms with E-state index in [2.05, 4.69) is 0 Å². The molecule has 0 bridgehead atoms. The first-order valence-electron chi connectivity index (χ1n) is 9.57. The summed E-state index contributed by atoms with van der Waals surface area (Å²) in [5.74, 6) is -0.233. The Kier molecular flexibility index (Phi) is 6.33. The van der Waals surface area contributed by atoms with Crippen LogP contribution in [0.5, 0.6) is 5.75 Å². The van der Waals surface area contributed by atoms with E-state index in [1.807, 2.05) is 20.8 Å². The van der Waals surface area contributed by atoms with E-state index < -0.39 is 35.3 Å². The van der Waals surface area contributed by atoms with E-state index in [-0.39, 0.29) is 11.3 Å². The van der Waals surface area contributed by atoms with E-state index in [0.29, 0.717) is 11.3 Å². The number of hydrogen-bond donors (Lipinski definition) is 1. The Hall–Kier alpha value is -2.54. The summed E-state index contributed by atoms with van der Waals surface area (Å²) in [6.45, 7) is 12.5. The second kappa shape index (κ2) is 8.06. The lowest BCUT2D eigenvalue weighted by Crippen LogP contribution is -2.50. The van der Waals surface area contributed by atoms with Crippen molar-refractivity contribution in [2.75, 3.05) is 7.11 Å². The van der Waals surface area contributed by atoms with Gasteiger partial charge in [0.1, 0.15) is 23.2 Å². The number of benzene rings is 1. The summed E-state index contributed by atoms with van der Waals surface area (Å²) in [7, 11) is 1.54. The molecule has 0 unspecified atom stereocenters. The molecule has 0 aliphatic carbocycles. The SMILES string of the molecule is COc1ccc(C2=C(O)[C@H]([C@@H](C)OC(C)(C)C)N(C(=O)OC(C)(C)C)C2=O)cc1. The molecule has 1 heterocycles. The van der Waals surface area contributed by atoms with Gasteiger partial charge in [0.05, 0.1) is 24.4 Å². The molecule has 0 radical (unpaired) electrons. The molecule has 0 saturated carbocycles. The molecule has 1 aliphatic heterocycles. The molecule has 2 atom stereocenters. The number of rotatable bonds is 4. The highest BCUT2D eigenvalue weighted by Gasteiger charge is 2.48. The third-order valence-corrected chi connectivity index (χ3v) is 4.20. The smallest absolute Gasteiger partial charge is 0.418 e. The minimum Gasteiger partial charge on any atom is -0.509 e. The number of imide groups is 1. The third-order valence-electron chi connectivity index (χ3n) is 4.20. The predicted molar refractivity (Wildman–Crippen MR) is 110 cm³/mol. The lowest BCUT2D eigenvalue weighted by atomic mass is 10.0. The van der Waals surface area contributed by atoms with E-state index in [9.17, 15) is 14.7 Å². The molecule has 1 aromatic rings. The molecule has 0 aromatic heterocycles. The van der Waals surface area contributed by atoms with Gasteiger partial charge in [0, 0.05) is 0 Å². The fourth-order valence-corrected chi connectivity index (χ4v) is 3.22. The molecule has 2 amide bonds. The van der Waals surface area contributed by atoms with Crippen LogP contribution in [0.1, 0.15) is 54.0 Å². The van der Waals surface area contributed by atoms with Crippen LogP contribution in [0, 0.1) is 0 Å². The van der Waals surface area contributed by atoms with Gasteiger partial charge in [0.15, 0.2) is 0 Å². The van der Waals surface area contributed by atoms with E-state index in [1.54, 1.807) is 52.0 Å². The average Bonchev–Trinajstić information content (AvgIpc) is 2.83. The van der Waals surface area contributed by atoms with Gasteiger partial charge in [0.2, 0.25) is 0 Å². The fraction of sp³-hybridized carbons (Fsp3) is 0.545. The molecule has 29 heavy (non-hydrogen) atoms. The van der Waals surface area contributed by atoms with Crippen molar-refractivity contribution in [2.24, 2.45) is 0 Å². The molecule has 0 saturated heterocycles. The van der Waals surface area contributed by atoms with Crippen LogP contribution in [-0.2, 0) is 14.3 Å². The largest absolute Gasteiger partial charge is 0.509 e. The highest BCUT2D eigenvalue weighted by Crippen LogP contribution is 2.36. The van der Waals surface area contributed by atoms with Crippen LogP contribution in [0.2, 0.25) is 0 Å². The van der Waals surface area contributed by atoms with E-state index in [1.165, 1.54) is 7.11 Å². The van der Waals surface area contributed by atoms with Crippen molar-refractivity contribution < 1.29 is 28.9 Å². The minimum atomic E-state index is -0.992. The fourth-order valence-electron chi connectivity index (χ4n) is 3.22. The second-order valence-electron chi connectivity index (χ2n) is 9.02. The lowest BCUT2D eigenvalue weighted by molar-refractivity contribution is -0.131. The van der Waals surface area contributed by atoms with Crippen LogP contribution < -0.4 is 4.74 Å². The van der Waals surface area contributed by atoms with Crippen molar-refractivity contribution in [3.63, 3.8) is 0 Å². The number of aliphatic hydroxyl groups excluding tert-OH is 1. The van der Waals surface area contributed by atoms with Gasteiger partial charge >= 0.3 is 6.09 Å². The highest BCUT2D eigenvalue weighted by atomic mass is 16.6.